The smallest absolute Gasteiger partial charge is 0.318 e. The molecular weight excluding hydrogens is 625 g/mol. The summed E-state index contributed by atoms with van der Waals surface area (Å²) in [5.41, 5.74) is 2.18. The number of piperidine rings is 1. The lowest BCUT2D eigenvalue weighted by molar-refractivity contribution is -0.130. The summed E-state index contributed by atoms with van der Waals surface area (Å²) >= 11 is 0. The molecular formula is C38H54N4O5S. The maximum atomic E-state index is 13.7. The van der Waals surface area contributed by atoms with Crippen molar-refractivity contribution in [2.24, 2.45) is 17.8 Å². The molecule has 3 atom stereocenters. The summed E-state index contributed by atoms with van der Waals surface area (Å²) in [5, 5.41) is 9.86. The van der Waals surface area contributed by atoms with Gasteiger partial charge in [-0.25, -0.2) is 13.2 Å². The van der Waals surface area contributed by atoms with Crippen LogP contribution in [0, 0.1) is 17.8 Å². The molecule has 3 rings (SSSR count). The molecule has 1 saturated heterocycles. The topological polar surface area (TPSA) is 125 Å². The standard InChI is InChI=1S/C38H54N4O5S/c1-27(2)23-32(19-22-48(46,47)33-15-11-8-12-16-33)39-36(43)34(24-28(3)4)40-37(44)35(25-29(5)6)41-38(45)42-20-17-31(18-21-42)26-30-13-9-7-10-14-30/h7-16,19,22-23,28-29,31-32,34-35H,17-18,20-21,24-26H2,1-6H3,(H,39,43)(H,40,44)(H,41,45)/b22-19+/t32-,34+,35+/m1/s1. The normalized spacial score (nSPS) is 16.0. The Morgan fingerprint density at radius 3 is 1.85 bits per heavy atom. The molecule has 0 radical (unpaired) electrons. The number of allylic oxidation sites excluding steroid dienone is 1. The van der Waals surface area contributed by atoms with Crippen molar-refractivity contribution < 1.29 is 22.8 Å². The van der Waals surface area contributed by atoms with Gasteiger partial charge in [-0.05, 0) is 87.5 Å². The first-order valence-corrected chi connectivity index (χ1v) is 18.6. The maximum Gasteiger partial charge on any atom is 0.318 e. The fourth-order valence-corrected chi connectivity index (χ4v) is 6.92. The van der Waals surface area contributed by atoms with Crippen LogP contribution in [0.3, 0.4) is 0 Å². The zero-order chi connectivity index (χ0) is 35.3. The van der Waals surface area contributed by atoms with Gasteiger partial charge < -0.3 is 20.9 Å². The summed E-state index contributed by atoms with van der Waals surface area (Å²) in [6.45, 7) is 12.9. The number of hydrogen-bond acceptors (Lipinski definition) is 5. The first kappa shape index (κ1) is 38.5. The van der Waals surface area contributed by atoms with Crippen molar-refractivity contribution in [1.82, 2.24) is 20.9 Å². The molecule has 1 heterocycles. The van der Waals surface area contributed by atoms with Gasteiger partial charge in [0.15, 0.2) is 9.84 Å². The second-order valence-corrected chi connectivity index (χ2v) is 15.7. The van der Waals surface area contributed by atoms with E-state index in [0.717, 1.165) is 30.2 Å². The first-order chi connectivity index (χ1) is 22.7. The fourth-order valence-electron chi connectivity index (χ4n) is 5.85. The van der Waals surface area contributed by atoms with Gasteiger partial charge in [-0.2, -0.15) is 0 Å². The van der Waals surface area contributed by atoms with E-state index in [2.05, 4.69) is 28.1 Å². The lowest BCUT2D eigenvalue weighted by atomic mass is 9.90. The van der Waals surface area contributed by atoms with E-state index in [9.17, 15) is 22.8 Å². The number of benzene rings is 2. The van der Waals surface area contributed by atoms with E-state index in [-0.39, 0.29) is 22.8 Å². The number of nitrogens with zero attached hydrogens (tertiary/aromatic N) is 1. The molecule has 1 fully saturated rings. The molecule has 2 aromatic carbocycles. The summed E-state index contributed by atoms with van der Waals surface area (Å²) in [7, 11) is -3.72. The number of carbonyl (C=O) groups is 3. The molecule has 0 bridgehead atoms. The number of urea groups is 1. The lowest BCUT2D eigenvalue weighted by Gasteiger charge is -2.33. The van der Waals surface area contributed by atoms with Crippen LogP contribution in [0.4, 0.5) is 4.79 Å². The van der Waals surface area contributed by atoms with E-state index in [0.29, 0.717) is 31.8 Å². The molecule has 48 heavy (non-hydrogen) atoms. The van der Waals surface area contributed by atoms with Crippen LogP contribution >= 0.6 is 0 Å². The average Bonchev–Trinajstić information content (AvgIpc) is 3.03. The number of nitrogens with one attached hydrogen (secondary N) is 3. The molecule has 0 aromatic heterocycles. The first-order valence-electron chi connectivity index (χ1n) is 17.1. The molecule has 262 valence electrons. The van der Waals surface area contributed by atoms with Crippen LogP contribution in [0.1, 0.15) is 72.8 Å². The molecule has 0 spiro atoms. The van der Waals surface area contributed by atoms with Crippen LogP contribution in [0.2, 0.25) is 0 Å². The maximum absolute atomic E-state index is 13.7. The predicted octanol–water partition coefficient (Wildman–Crippen LogP) is 6.03. The van der Waals surface area contributed by atoms with Crippen molar-refractivity contribution in [3.05, 3.63) is 89.4 Å². The molecule has 1 aliphatic rings. The van der Waals surface area contributed by atoms with Crippen LogP contribution < -0.4 is 16.0 Å². The van der Waals surface area contributed by atoms with Gasteiger partial charge >= 0.3 is 6.03 Å². The number of carbonyl (C=O) groups excluding carboxylic acids is 3. The molecule has 10 heteroatoms. The Hall–Kier alpha value is -3.92. The van der Waals surface area contributed by atoms with Crippen molar-refractivity contribution in [2.75, 3.05) is 13.1 Å². The summed E-state index contributed by atoms with van der Waals surface area (Å²) in [6.07, 6.45) is 6.75. The van der Waals surface area contributed by atoms with Crippen molar-refractivity contribution in [2.45, 2.75) is 96.7 Å². The van der Waals surface area contributed by atoms with Gasteiger partial charge in [-0.1, -0.05) is 87.9 Å². The van der Waals surface area contributed by atoms with E-state index in [1.165, 1.54) is 23.8 Å². The van der Waals surface area contributed by atoms with E-state index in [1.54, 1.807) is 29.2 Å². The number of sulfone groups is 1. The fraction of sp³-hybridized carbons (Fsp3) is 0.500. The van der Waals surface area contributed by atoms with Crippen LogP contribution in [-0.4, -0.2) is 62.4 Å². The molecule has 0 saturated carbocycles. The highest BCUT2D eigenvalue weighted by molar-refractivity contribution is 7.94. The predicted molar refractivity (Wildman–Crippen MR) is 192 cm³/mol. The van der Waals surface area contributed by atoms with Crippen molar-refractivity contribution in [1.29, 1.82) is 0 Å². The average molecular weight is 679 g/mol. The van der Waals surface area contributed by atoms with Gasteiger partial charge in [-0.3, -0.25) is 9.59 Å². The zero-order valence-corrected chi connectivity index (χ0v) is 30.1. The molecule has 0 aliphatic carbocycles. The van der Waals surface area contributed by atoms with Gasteiger partial charge in [-0.15, -0.1) is 0 Å². The molecule has 0 unspecified atom stereocenters. The number of rotatable bonds is 15. The molecule has 9 nitrogen and oxygen atoms in total. The van der Waals surface area contributed by atoms with Crippen LogP contribution in [0.15, 0.2) is 88.7 Å². The number of hydrogen-bond donors (Lipinski definition) is 3. The Morgan fingerprint density at radius 2 is 1.31 bits per heavy atom. The number of likely N-dealkylation sites (tertiary alicyclic amines) is 1. The summed E-state index contributed by atoms with van der Waals surface area (Å²) in [5.74, 6) is -0.153. The van der Waals surface area contributed by atoms with Crippen LogP contribution in [0.5, 0.6) is 0 Å². The van der Waals surface area contributed by atoms with Crippen LogP contribution in [-0.2, 0) is 25.8 Å². The van der Waals surface area contributed by atoms with Gasteiger partial charge in [0.2, 0.25) is 11.8 Å². The minimum absolute atomic E-state index is 0.0762. The van der Waals surface area contributed by atoms with Gasteiger partial charge in [0.1, 0.15) is 12.1 Å². The van der Waals surface area contributed by atoms with Crippen LogP contribution in [0.25, 0.3) is 0 Å². The number of amides is 4. The highest BCUT2D eigenvalue weighted by Gasteiger charge is 2.31. The third-order valence-electron chi connectivity index (χ3n) is 8.29. The molecule has 2 aromatic rings. The summed E-state index contributed by atoms with van der Waals surface area (Å²) < 4.78 is 25.7. The minimum Gasteiger partial charge on any atom is -0.345 e. The van der Waals surface area contributed by atoms with Crippen molar-refractivity contribution in [3.63, 3.8) is 0 Å². The van der Waals surface area contributed by atoms with E-state index < -0.39 is 39.8 Å². The quantitative estimate of drug-likeness (QED) is 0.198. The van der Waals surface area contributed by atoms with Crippen molar-refractivity contribution >= 4 is 27.7 Å². The summed E-state index contributed by atoms with van der Waals surface area (Å²) in [6, 6.07) is 15.8. The van der Waals surface area contributed by atoms with E-state index in [1.807, 2.05) is 59.7 Å². The summed E-state index contributed by atoms with van der Waals surface area (Å²) in [4.78, 5) is 42.6. The molecule has 1 aliphatic heterocycles. The van der Waals surface area contributed by atoms with Crippen molar-refractivity contribution in [3.8, 4) is 0 Å². The highest BCUT2D eigenvalue weighted by atomic mass is 32.2. The molecule has 3 N–H and O–H groups in total. The zero-order valence-electron chi connectivity index (χ0n) is 29.3. The largest absolute Gasteiger partial charge is 0.345 e. The molecule has 4 amide bonds. The second kappa shape index (κ2) is 18.6. The highest BCUT2D eigenvalue weighted by Crippen LogP contribution is 2.22. The lowest BCUT2D eigenvalue weighted by Crippen LogP contribution is -2.57. The Bertz CT molecular complexity index is 1490. The van der Waals surface area contributed by atoms with E-state index in [4.69, 9.17) is 0 Å². The Labute approximate surface area is 287 Å². The SMILES string of the molecule is CC(C)=C[C@@H](/C=C/S(=O)(=O)c1ccccc1)NC(=O)[C@H](CC(C)C)NC(=O)[C@H](CC(C)C)NC(=O)N1CCC(Cc2ccccc2)CC1. The van der Waals surface area contributed by atoms with Gasteiger partial charge in [0.25, 0.3) is 0 Å². The van der Waals surface area contributed by atoms with Gasteiger partial charge in [0.05, 0.1) is 10.9 Å². The monoisotopic (exact) mass is 678 g/mol. The Morgan fingerprint density at radius 1 is 0.792 bits per heavy atom. The third-order valence-corrected chi connectivity index (χ3v) is 9.73. The second-order valence-electron chi connectivity index (χ2n) is 13.9. The Kier molecular flexibility index (Phi) is 14.9. The van der Waals surface area contributed by atoms with E-state index >= 15 is 0 Å². The minimum atomic E-state index is -3.72. The third kappa shape index (κ3) is 12.9. The van der Waals surface area contributed by atoms with Gasteiger partial charge in [0, 0.05) is 18.5 Å². The Balaban J connectivity index is 1.67.